The summed E-state index contributed by atoms with van der Waals surface area (Å²) in [4.78, 5) is 4.34. The molecule has 0 aliphatic carbocycles. The van der Waals surface area contributed by atoms with Crippen LogP contribution in [0.4, 0.5) is 5.95 Å². The Morgan fingerprint density at radius 2 is 2.22 bits per heavy atom. The maximum Gasteiger partial charge on any atom is 0.203 e. The molecule has 1 aromatic rings. The van der Waals surface area contributed by atoms with Gasteiger partial charge in [0.15, 0.2) is 0 Å². The van der Waals surface area contributed by atoms with Crippen LogP contribution in [0.25, 0.3) is 0 Å². The highest BCUT2D eigenvalue weighted by molar-refractivity contribution is 7.90. The molecular formula is C11H21N3O3S. The molecule has 0 fully saturated rings. The number of anilines is 1. The number of ether oxygens (including phenoxy) is 1. The number of rotatable bonds is 8. The van der Waals surface area contributed by atoms with Crippen molar-refractivity contribution in [3.8, 4) is 0 Å². The Balaban J connectivity index is 2.53. The molecule has 0 unspecified atom stereocenters. The van der Waals surface area contributed by atoms with Crippen LogP contribution in [-0.2, 0) is 21.1 Å². The second-order valence-corrected chi connectivity index (χ2v) is 6.56. The molecule has 18 heavy (non-hydrogen) atoms. The number of sulfone groups is 1. The number of aryl methyl sites for hydroxylation is 2. The zero-order chi connectivity index (χ0) is 13.6. The summed E-state index contributed by atoms with van der Waals surface area (Å²) in [6.45, 7) is 3.84. The average Bonchev–Trinajstić information content (AvgIpc) is 2.58. The zero-order valence-corrected chi connectivity index (χ0v) is 12.0. The van der Waals surface area contributed by atoms with E-state index in [-0.39, 0.29) is 5.75 Å². The van der Waals surface area contributed by atoms with E-state index >= 15 is 0 Å². The van der Waals surface area contributed by atoms with Gasteiger partial charge in [-0.05, 0) is 13.3 Å². The molecule has 0 saturated carbocycles. The molecule has 0 saturated heterocycles. The minimum absolute atomic E-state index is 0.196. The van der Waals surface area contributed by atoms with Gasteiger partial charge < -0.3 is 14.6 Å². The second-order valence-electron chi connectivity index (χ2n) is 4.30. The first-order valence-electron chi connectivity index (χ1n) is 5.86. The summed E-state index contributed by atoms with van der Waals surface area (Å²) < 4.78 is 29.0. The highest BCUT2D eigenvalue weighted by atomic mass is 32.2. The minimum atomic E-state index is -2.90. The van der Waals surface area contributed by atoms with Crippen LogP contribution >= 0.6 is 0 Å². The summed E-state index contributed by atoms with van der Waals surface area (Å²) in [6.07, 6.45) is 3.76. The molecule has 6 nitrogen and oxygen atoms in total. The van der Waals surface area contributed by atoms with Gasteiger partial charge in [-0.15, -0.1) is 0 Å². The molecule has 7 heteroatoms. The van der Waals surface area contributed by atoms with Crippen LogP contribution in [0.1, 0.15) is 12.1 Å². The minimum Gasteiger partial charge on any atom is -0.383 e. The zero-order valence-electron chi connectivity index (χ0n) is 11.1. The Hall–Kier alpha value is -1.08. The standard InChI is InChI=1S/C11H21N3O3S/c1-10-9-14(6-4-8-18(3,15)16)11(13-10)12-5-7-17-2/h9H,4-8H2,1-3H3,(H,12,13). The van der Waals surface area contributed by atoms with Gasteiger partial charge >= 0.3 is 0 Å². The quantitative estimate of drug-likeness (QED) is 0.706. The first-order chi connectivity index (χ1) is 8.42. The third-order valence-electron chi connectivity index (χ3n) is 2.40. The van der Waals surface area contributed by atoms with Gasteiger partial charge in [0, 0.05) is 32.7 Å². The fraction of sp³-hybridized carbons (Fsp3) is 0.727. The lowest BCUT2D eigenvalue weighted by molar-refractivity contribution is 0.210. The molecule has 0 amide bonds. The first-order valence-corrected chi connectivity index (χ1v) is 7.93. The lowest BCUT2D eigenvalue weighted by atomic mass is 10.4. The van der Waals surface area contributed by atoms with Crippen molar-refractivity contribution in [3.05, 3.63) is 11.9 Å². The molecule has 0 aromatic carbocycles. The number of hydrogen-bond donors (Lipinski definition) is 1. The van der Waals surface area contributed by atoms with Crippen molar-refractivity contribution in [3.63, 3.8) is 0 Å². The van der Waals surface area contributed by atoms with Crippen LogP contribution in [0.3, 0.4) is 0 Å². The smallest absolute Gasteiger partial charge is 0.203 e. The van der Waals surface area contributed by atoms with Crippen molar-refractivity contribution in [1.29, 1.82) is 0 Å². The normalized spacial score (nSPS) is 11.7. The van der Waals surface area contributed by atoms with Crippen LogP contribution in [-0.4, -0.2) is 50.2 Å². The molecule has 0 atom stereocenters. The van der Waals surface area contributed by atoms with Gasteiger partial charge in [0.2, 0.25) is 5.95 Å². The Bertz CT molecular complexity index is 468. The number of imidazole rings is 1. The Morgan fingerprint density at radius 1 is 1.50 bits per heavy atom. The van der Waals surface area contributed by atoms with Gasteiger partial charge in [-0.25, -0.2) is 13.4 Å². The molecule has 104 valence electrons. The van der Waals surface area contributed by atoms with Gasteiger partial charge in [-0.3, -0.25) is 0 Å². The SMILES string of the molecule is COCCNc1nc(C)cn1CCCS(C)(=O)=O. The van der Waals surface area contributed by atoms with Crippen LogP contribution in [0.2, 0.25) is 0 Å². The van der Waals surface area contributed by atoms with E-state index in [0.717, 1.165) is 11.6 Å². The molecule has 0 spiro atoms. The van der Waals surface area contributed by atoms with Crippen molar-refractivity contribution in [2.75, 3.05) is 37.6 Å². The van der Waals surface area contributed by atoms with Gasteiger partial charge in [-0.2, -0.15) is 0 Å². The first kappa shape index (κ1) is 15.0. The summed E-state index contributed by atoms with van der Waals surface area (Å²) in [5.74, 6) is 0.958. The predicted molar refractivity (Wildman–Crippen MR) is 71.7 cm³/mol. The highest BCUT2D eigenvalue weighted by Crippen LogP contribution is 2.09. The van der Waals surface area contributed by atoms with Crippen LogP contribution in [0.5, 0.6) is 0 Å². The molecule has 1 heterocycles. The summed E-state index contributed by atoms with van der Waals surface area (Å²) in [5.41, 5.74) is 0.911. The van der Waals surface area contributed by atoms with Gasteiger partial charge in [-0.1, -0.05) is 0 Å². The highest BCUT2D eigenvalue weighted by Gasteiger charge is 2.07. The predicted octanol–water partition coefficient (Wildman–Crippen LogP) is 0.685. The Kier molecular flexibility index (Phi) is 5.61. The number of aromatic nitrogens is 2. The van der Waals surface area contributed by atoms with Gasteiger partial charge in [0.1, 0.15) is 9.84 Å². The molecule has 0 aliphatic heterocycles. The summed E-state index contributed by atoms with van der Waals surface area (Å²) in [5, 5.41) is 3.16. The third-order valence-corrected chi connectivity index (χ3v) is 3.43. The van der Waals surface area contributed by atoms with Crippen molar-refractivity contribution in [2.24, 2.45) is 0 Å². The van der Waals surface area contributed by atoms with Gasteiger partial charge in [0.25, 0.3) is 0 Å². The van der Waals surface area contributed by atoms with E-state index in [2.05, 4.69) is 10.3 Å². The number of hydrogen-bond acceptors (Lipinski definition) is 5. The Morgan fingerprint density at radius 3 is 2.83 bits per heavy atom. The molecule has 1 aromatic heterocycles. The summed E-state index contributed by atoms with van der Waals surface area (Å²) in [6, 6.07) is 0. The van der Waals surface area contributed by atoms with E-state index in [9.17, 15) is 8.42 Å². The van der Waals surface area contributed by atoms with Crippen LogP contribution in [0, 0.1) is 6.92 Å². The largest absolute Gasteiger partial charge is 0.383 e. The van der Waals surface area contributed by atoms with Gasteiger partial charge in [0.05, 0.1) is 18.1 Å². The number of nitrogens with one attached hydrogen (secondary N) is 1. The molecule has 0 bridgehead atoms. The topological polar surface area (TPSA) is 73.2 Å². The molecule has 0 aliphatic rings. The number of methoxy groups -OCH3 is 1. The third kappa shape index (κ3) is 5.50. The fourth-order valence-electron chi connectivity index (χ4n) is 1.62. The second kappa shape index (κ2) is 6.75. The lowest BCUT2D eigenvalue weighted by Crippen LogP contribution is -2.13. The maximum absolute atomic E-state index is 11.1. The van der Waals surface area contributed by atoms with Crippen LogP contribution in [0.15, 0.2) is 6.20 Å². The van der Waals surface area contributed by atoms with Crippen molar-refractivity contribution in [1.82, 2.24) is 9.55 Å². The number of nitrogens with zero attached hydrogens (tertiary/aromatic N) is 2. The molecule has 0 radical (unpaired) electrons. The van der Waals surface area contributed by atoms with E-state index in [0.29, 0.717) is 26.1 Å². The summed E-state index contributed by atoms with van der Waals surface area (Å²) in [7, 11) is -1.25. The molecule has 1 N–H and O–H groups in total. The molecule has 1 rings (SSSR count). The maximum atomic E-state index is 11.1. The van der Waals surface area contributed by atoms with E-state index in [1.807, 2.05) is 17.7 Å². The van der Waals surface area contributed by atoms with E-state index in [1.54, 1.807) is 7.11 Å². The van der Waals surface area contributed by atoms with Crippen LogP contribution < -0.4 is 5.32 Å². The van der Waals surface area contributed by atoms with E-state index < -0.39 is 9.84 Å². The fourth-order valence-corrected chi connectivity index (χ4v) is 2.27. The lowest BCUT2D eigenvalue weighted by Gasteiger charge is -2.08. The monoisotopic (exact) mass is 275 g/mol. The van der Waals surface area contributed by atoms with Crippen molar-refractivity contribution >= 4 is 15.8 Å². The van der Waals surface area contributed by atoms with Crippen molar-refractivity contribution in [2.45, 2.75) is 19.9 Å². The van der Waals surface area contributed by atoms with E-state index in [1.165, 1.54) is 6.26 Å². The average molecular weight is 275 g/mol. The molecular weight excluding hydrogens is 254 g/mol. The van der Waals surface area contributed by atoms with E-state index in [4.69, 9.17) is 4.74 Å². The van der Waals surface area contributed by atoms with Crippen molar-refractivity contribution < 1.29 is 13.2 Å². The Labute approximate surface area is 108 Å². The summed E-state index contributed by atoms with van der Waals surface area (Å²) >= 11 is 0.